The highest BCUT2D eigenvalue weighted by molar-refractivity contribution is 7.80. The zero-order valence-electron chi connectivity index (χ0n) is 17.9. The van der Waals surface area contributed by atoms with Crippen molar-refractivity contribution in [1.82, 2.24) is 20.2 Å². The molecule has 4 atom stereocenters. The molecule has 0 amide bonds. The maximum atomic E-state index is 13.1. The first-order valence-electron chi connectivity index (χ1n) is 11.0. The van der Waals surface area contributed by atoms with Crippen molar-refractivity contribution in [2.75, 3.05) is 25.0 Å². The number of fused-ring (bicyclic) bond motifs is 3. The van der Waals surface area contributed by atoms with Crippen molar-refractivity contribution < 1.29 is 4.39 Å². The van der Waals surface area contributed by atoms with Crippen LogP contribution in [0.4, 0.5) is 10.1 Å². The van der Waals surface area contributed by atoms with E-state index in [9.17, 15) is 4.39 Å². The van der Waals surface area contributed by atoms with Gasteiger partial charge in [-0.15, -0.1) is 11.3 Å². The van der Waals surface area contributed by atoms with Gasteiger partial charge in [-0.05, 0) is 86.2 Å². The number of thiophene rings is 1. The lowest BCUT2D eigenvalue weighted by Gasteiger charge is -2.49. The molecular weight excluding hydrogens is 441 g/mol. The minimum Gasteiger partial charge on any atom is -0.361 e. The van der Waals surface area contributed by atoms with Gasteiger partial charge in [0.15, 0.2) is 5.11 Å². The summed E-state index contributed by atoms with van der Waals surface area (Å²) in [6.07, 6.45) is 2.34. The van der Waals surface area contributed by atoms with Crippen molar-refractivity contribution in [2.24, 2.45) is 5.92 Å². The fourth-order valence-corrected chi connectivity index (χ4v) is 5.82. The highest BCUT2D eigenvalue weighted by Crippen LogP contribution is 2.41. The van der Waals surface area contributed by atoms with Crippen LogP contribution in [0.3, 0.4) is 0 Å². The minimum absolute atomic E-state index is 0.253. The third-order valence-corrected chi connectivity index (χ3v) is 7.63. The topological polar surface area (TPSA) is 53.1 Å². The van der Waals surface area contributed by atoms with Gasteiger partial charge in [-0.3, -0.25) is 4.90 Å². The average Bonchev–Trinajstić information content (AvgIpc) is 3.34. The molecule has 5 heterocycles. The molecule has 8 heteroatoms. The number of anilines is 1. The Morgan fingerprint density at radius 1 is 1.25 bits per heavy atom. The van der Waals surface area contributed by atoms with Gasteiger partial charge in [0.2, 0.25) is 0 Å². The maximum Gasteiger partial charge on any atom is 0.170 e. The van der Waals surface area contributed by atoms with Crippen molar-refractivity contribution in [3.05, 3.63) is 65.2 Å². The molecule has 0 saturated carbocycles. The van der Waals surface area contributed by atoms with Gasteiger partial charge in [0.25, 0.3) is 0 Å². The lowest BCUT2D eigenvalue weighted by atomic mass is 9.74. The van der Waals surface area contributed by atoms with Gasteiger partial charge in [0, 0.05) is 36.4 Å². The molecular formula is C24H26FN5S2. The lowest BCUT2D eigenvalue weighted by Crippen LogP contribution is -2.56. The van der Waals surface area contributed by atoms with Crippen LogP contribution in [0.25, 0.3) is 10.6 Å². The Balaban J connectivity index is 1.21. The number of nitrogens with one attached hydrogen (secondary N) is 2. The molecule has 2 bridgehead atoms. The first-order valence-corrected chi connectivity index (χ1v) is 12.3. The minimum atomic E-state index is -0.253. The van der Waals surface area contributed by atoms with Crippen molar-refractivity contribution >= 4 is 34.4 Å². The van der Waals surface area contributed by atoms with E-state index < -0.39 is 0 Å². The molecule has 3 aliphatic heterocycles. The largest absolute Gasteiger partial charge is 0.361 e. The highest BCUT2D eigenvalue weighted by Gasteiger charge is 2.41. The van der Waals surface area contributed by atoms with Crippen LogP contribution in [0.15, 0.2) is 47.8 Å². The Morgan fingerprint density at radius 3 is 2.81 bits per heavy atom. The van der Waals surface area contributed by atoms with E-state index >= 15 is 0 Å². The standard InChI is InChI=1S/C24H26FN5S2/c1-15-27-21(12-22(28-15)23-3-2-10-32-23)20-14-30-9-8-16(20)11-19(30)13-26-24(31)29-18-6-4-17(25)5-7-18/h2-7,10,12,16,19-20H,8-9,11,13-14H2,1H3,(H2,26,29,31)/t16-,19+,20+/m0/s1. The quantitative estimate of drug-likeness (QED) is 0.525. The predicted octanol–water partition coefficient (Wildman–Crippen LogP) is 4.82. The van der Waals surface area contributed by atoms with Crippen LogP contribution >= 0.6 is 23.6 Å². The predicted molar refractivity (Wildman–Crippen MR) is 132 cm³/mol. The molecule has 0 aliphatic carbocycles. The van der Waals surface area contributed by atoms with E-state index in [2.05, 4.69) is 44.1 Å². The van der Waals surface area contributed by atoms with Crippen molar-refractivity contribution in [3.8, 4) is 10.6 Å². The molecule has 2 aromatic heterocycles. The van der Waals surface area contributed by atoms with Gasteiger partial charge in [-0.2, -0.15) is 0 Å². The summed E-state index contributed by atoms with van der Waals surface area (Å²) >= 11 is 7.16. The third-order valence-electron chi connectivity index (χ3n) is 6.49. The molecule has 3 saturated heterocycles. The molecule has 32 heavy (non-hydrogen) atoms. The van der Waals surface area contributed by atoms with E-state index in [0.717, 1.165) is 43.3 Å². The first kappa shape index (κ1) is 21.4. The number of aryl methyl sites for hydroxylation is 1. The number of halogens is 1. The SMILES string of the molecule is Cc1nc(-c2cccs2)cc([C@@H]2CN3CC[C@H]2C[C@@H]3CNC(=S)Nc2ccc(F)cc2)n1. The van der Waals surface area contributed by atoms with Gasteiger partial charge >= 0.3 is 0 Å². The van der Waals surface area contributed by atoms with E-state index in [1.165, 1.54) is 29.1 Å². The highest BCUT2D eigenvalue weighted by atomic mass is 32.1. The van der Waals surface area contributed by atoms with Gasteiger partial charge < -0.3 is 10.6 Å². The van der Waals surface area contributed by atoms with Crippen molar-refractivity contribution in [2.45, 2.75) is 31.7 Å². The smallest absolute Gasteiger partial charge is 0.170 e. The molecule has 6 rings (SSSR count). The fraction of sp³-hybridized carbons (Fsp3) is 0.375. The van der Waals surface area contributed by atoms with Gasteiger partial charge in [0.05, 0.1) is 10.6 Å². The fourth-order valence-electron chi connectivity index (χ4n) is 4.94. The summed E-state index contributed by atoms with van der Waals surface area (Å²) in [5.41, 5.74) is 3.00. The summed E-state index contributed by atoms with van der Waals surface area (Å²) < 4.78 is 13.1. The molecule has 3 aromatic rings. The number of nitrogens with zero attached hydrogens (tertiary/aromatic N) is 3. The van der Waals surface area contributed by atoms with Crippen LogP contribution in [0.1, 0.15) is 30.3 Å². The van der Waals surface area contributed by atoms with Crippen molar-refractivity contribution in [1.29, 1.82) is 0 Å². The molecule has 5 nitrogen and oxygen atoms in total. The van der Waals surface area contributed by atoms with Crippen LogP contribution in [0.5, 0.6) is 0 Å². The Morgan fingerprint density at radius 2 is 2.09 bits per heavy atom. The molecule has 2 N–H and O–H groups in total. The number of hydrogen-bond acceptors (Lipinski definition) is 5. The van der Waals surface area contributed by atoms with Gasteiger partial charge in [-0.1, -0.05) is 6.07 Å². The molecule has 0 radical (unpaired) electrons. The second-order valence-corrected chi connectivity index (χ2v) is 9.94. The van der Waals surface area contributed by atoms with Gasteiger partial charge in [-0.25, -0.2) is 14.4 Å². The third kappa shape index (κ3) is 4.67. The van der Waals surface area contributed by atoms with Crippen LogP contribution in [-0.2, 0) is 0 Å². The van der Waals surface area contributed by atoms with Crippen LogP contribution in [0, 0.1) is 18.7 Å². The average molecular weight is 468 g/mol. The molecule has 0 spiro atoms. The molecule has 1 unspecified atom stereocenters. The van der Waals surface area contributed by atoms with E-state index in [1.807, 2.05) is 6.92 Å². The number of piperidine rings is 3. The summed E-state index contributed by atoms with van der Waals surface area (Å²) in [7, 11) is 0. The summed E-state index contributed by atoms with van der Waals surface area (Å²) in [4.78, 5) is 13.3. The number of thiocarbonyl (C=S) groups is 1. The summed E-state index contributed by atoms with van der Waals surface area (Å²) in [5.74, 6) is 1.66. The Kier molecular flexibility index (Phi) is 6.17. The summed E-state index contributed by atoms with van der Waals surface area (Å²) in [5, 5.41) is 9.15. The van der Waals surface area contributed by atoms with E-state index in [-0.39, 0.29) is 5.82 Å². The molecule has 1 aromatic carbocycles. The monoisotopic (exact) mass is 467 g/mol. The Labute approximate surface area is 197 Å². The van der Waals surface area contributed by atoms with E-state index in [4.69, 9.17) is 17.2 Å². The first-order chi connectivity index (χ1) is 15.5. The second-order valence-electron chi connectivity index (χ2n) is 8.58. The maximum absolute atomic E-state index is 13.1. The van der Waals surface area contributed by atoms with Crippen molar-refractivity contribution in [3.63, 3.8) is 0 Å². The normalized spacial score (nSPS) is 24.3. The Bertz CT molecular complexity index is 1090. The van der Waals surface area contributed by atoms with Crippen LogP contribution in [-0.4, -0.2) is 45.7 Å². The summed E-state index contributed by atoms with van der Waals surface area (Å²) in [6.45, 7) is 4.94. The lowest BCUT2D eigenvalue weighted by molar-refractivity contribution is 0.0314. The zero-order valence-corrected chi connectivity index (χ0v) is 19.6. The summed E-state index contributed by atoms with van der Waals surface area (Å²) in [6, 6.07) is 13.1. The molecule has 3 aliphatic rings. The number of rotatable bonds is 5. The zero-order chi connectivity index (χ0) is 22.1. The van der Waals surface area contributed by atoms with Crippen LogP contribution < -0.4 is 10.6 Å². The number of benzene rings is 1. The second kappa shape index (κ2) is 9.21. The molecule has 3 fully saturated rings. The number of hydrogen-bond donors (Lipinski definition) is 2. The number of aromatic nitrogens is 2. The van der Waals surface area contributed by atoms with E-state index in [1.54, 1.807) is 23.5 Å². The Hall–Kier alpha value is -2.42. The van der Waals surface area contributed by atoms with Crippen LogP contribution in [0.2, 0.25) is 0 Å². The molecule has 166 valence electrons. The van der Waals surface area contributed by atoms with Gasteiger partial charge in [0.1, 0.15) is 11.6 Å². The van der Waals surface area contributed by atoms with E-state index in [0.29, 0.717) is 23.0 Å².